The fourth-order valence-corrected chi connectivity index (χ4v) is 3.36. The minimum Gasteiger partial charge on any atom is -0.493 e. The molecule has 21 heavy (non-hydrogen) atoms. The Hall–Kier alpha value is -1.07. The van der Waals surface area contributed by atoms with Crippen molar-refractivity contribution in [1.29, 1.82) is 0 Å². The van der Waals surface area contributed by atoms with E-state index >= 15 is 0 Å². The number of nitrogens with one attached hydrogen (secondary N) is 1. The Bertz CT molecular complexity index is 626. The number of hydrogen-bond acceptors (Lipinski definition) is 2. The summed E-state index contributed by atoms with van der Waals surface area (Å²) < 4.78 is 6.89. The smallest absolute Gasteiger partial charge is 0.122 e. The number of fused-ring (bicyclic) bond motifs is 1. The van der Waals surface area contributed by atoms with Gasteiger partial charge in [0.15, 0.2) is 0 Å². The summed E-state index contributed by atoms with van der Waals surface area (Å²) in [5.74, 6) is 1.05. The molecule has 1 unspecified atom stereocenters. The number of benzene rings is 2. The first kappa shape index (κ1) is 14.9. The largest absolute Gasteiger partial charge is 0.493 e. The highest BCUT2D eigenvalue weighted by molar-refractivity contribution is 14.1. The van der Waals surface area contributed by atoms with Crippen LogP contribution < -0.4 is 10.1 Å². The van der Waals surface area contributed by atoms with E-state index in [0.717, 1.165) is 31.7 Å². The lowest BCUT2D eigenvalue weighted by molar-refractivity contribution is 0.357. The Morgan fingerprint density at radius 3 is 2.86 bits per heavy atom. The first-order chi connectivity index (χ1) is 10.3. The van der Waals surface area contributed by atoms with Crippen molar-refractivity contribution in [1.82, 2.24) is 5.32 Å². The second-order valence-electron chi connectivity index (χ2n) is 5.41. The zero-order chi connectivity index (χ0) is 14.7. The van der Waals surface area contributed by atoms with Crippen LogP contribution in [0.5, 0.6) is 5.75 Å². The minimum absolute atomic E-state index is 0.255. The van der Waals surface area contributed by atoms with Crippen LogP contribution in [0.2, 0.25) is 0 Å². The van der Waals surface area contributed by atoms with Gasteiger partial charge in [-0.25, -0.2) is 0 Å². The summed E-state index contributed by atoms with van der Waals surface area (Å²) >= 11 is 2.38. The molecule has 0 bridgehead atoms. The number of rotatable bonds is 5. The van der Waals surface area contributed by atoms with Gasteiger partial charge in [-0.1, -0.05) is 31.2 Å². The van der Waals surface area contributed by atoms with Gasteiger partial charge in [-0.2, -0.15) is 0 Å². The van der Waals surface area contributed by atoms with Gasteiger partial charge < -0.3 is 10.1 Å². The molecule has 0 spiro atoms. The standard InChI is InChI=1S/C18H20INO/c1-2-9-20-18(14-4-3-5-16(19)12-14)15-6-7-17-13(11-15)8-10-21-17/h3-7,11-12,18,20H,2,8-10H2,1H3. The van der Waals surface area contributed by atoms with Gasteiger partial charge in [0.2, 0.25) is 0 Å². The molecule has 1 aliphatic heterocycles. The van der Waals surface area contributed by atoms with Crippen LogP contribution in [0.4, 0.5) is 0 Å². The zero-order valence-electron chi connectivity index (χ0n) is 12.2. The highest BCUT2D eigenvalue weighted by atomic mass is 127. The van der Waals surface area contributed by atoms with Crippen molar-refractivity contribution in [3.63, 3.8) is 0 Å². The van der Waals surface area contributed by atoms with E-state index in [1.165, 1.54) is 20.3 Å². The van der Waals surface area contributed by atoms with Crippen molar-refractivity contribution in [2.24, 2.45) is 0 Å². The maximum absolute atomic E-state index is 5.62. The van der Waals surface area contributed by atoms with Crippen LogP contribution in [0.1, 0.15) is 36.1 Å². The van der Waals surface area contributed by atoms with Gasteiger partial charge in [-0.05, 0) is 70.4 Å². The summed E-state index contributed by atoms with van der Waals surface area (Å²) in [6.07, 6.45) is 2.16. The Labute approximate surface area is 140 Å². The predicted octanol–water partition coefficient (Wildman–Crippen LogP) is 4.32. The van der Waals surface area contributed by atoms with Gasteiger partial charge in [0, 0.05) is 9.99 Å². The molecule has 0 saturated carbocycles. The molecule has 2 nitrogen and oxygen atoms in total. The van der Waals surface area contributed by atoms with Crippen molar-refractivity contribution < 1.29 is 4.74 Å². The van der Waals surface area contributed by atoms with Crippen molar-refractivity contribution in [3.8, 4) is 5.75 Å². The maximum atomic E-state index is 5.62. The third-order valence-corrected chi connectivity index (χ3v) is 4.50. The fraction of sp³-hybridized carbons (Fsp3) is 0.333. The molecule has 2 aromatic rings. The normalized spacial score (nSPS) is 14.6. The molecule has 110 valence electrons. The van der Waals surface area contributed by atoms with E-state index in [9.17, 15) is 0 Å². The average Bonchev–Trinajstić information content (AvgIpc) is 2.95. The van der Waals surface area contributed by atoms with E-state index in [1.807, 2.05) is 0 Å². The van der Waals surface area contributed by atoms with Gasteiger partial charge in [0.1, 0.15) is 5.75 Å². The Morgan fingerprint density at radius 2 is 2.05 bits per heavy atom. The first-order valence-electron chi connectivity index (χ1n) is 7.52. The van der Waals surface area contributed by atoms with E-state index in [-0.39, 0.29) is 6.04 Å². The molecule has 1 heterocycles. The van der Waals surface area contributed by atoms with E-state index in [1.54, 1.807) is 0 Å². The molecular weight excluding hydrogens is 373 g/mol. The quantitative estimate of drug-likeness (QED) is 0.765. The number of hydrogen-bond donors (Lipinski definition) is 1. The molecule has 3 heteroatoms. The van der Waals surface area contributed by atoms with E-state index in [0.29, 0.717) is 0 Å². The first-order valence-corrected chi connectivity index (χ1v) is 8.60. The van der Waals surface area contributed by atoms with Crippen LogP contribution in [0.25, 0.3) is 0 Å². The van der Waals surface area contributed by atoms with Crippen LogP contribution in [0.3, 0.4) is 0 Å². The molecular formula is C18H20INO. The van der Waals surface area contributed by atoms with Crippen LogP contribution in [-0.4, -0.2) is 13.2 Å². The Morgan fingerprint density at radius 1 is 1.19 bits per heavy atom. The molecule has 3 rings (SSSR count). The monoisotopic (exact) mass is 393 g/mol. The van der Waals surface area contributed by atoms with E-state index in [2.05, 4.69) is 77.3 Å². The topological polar surface area (TPSA) is 21.3 Å². The highest BCUT2D eigenvalue weighted by Crippen LogP contribution is 2.31. The second-order valence-corrected chi connectivity index (χ2v) is 6.65. The highest BCUT2D eigenvalue weighted by Gasteiger charge is 2.18. The third kappa shape index (κ3) is 3.40. The summed E-state index contributed by atoms with van der Waals surface area (Å²) in [7, 11) is 0. The number of ether oxygens (including phenoxy) is 1. The molecule has 0 saturated heterocycles. The van der Waals surface area contributed by atoms with Gasteiger partial charge in [-0.3, -0.25) is 0 Å². The van der Waals surface area contributed by atoms with Crippen LogP contribution in [0.15, 0.2) is 42.5 Å². The van der Waals surface area contributed by atoms with E-state index < -0.39 is 0 Å². The van der Waals surface area contributed by atoms with Gasteiger partial charge in [0.05, 0.1) is 12.6 Å². The second kappa shape index (κ2) is 6.79. The predicted molar refractivity (Wildman–Crippen MR) is 94.9 cm³/mol. The summed E-state index contributed by atoms with van der Waals surface area (Å²) in [4.78, 5) is 0. The molecule has 1 N–H and O–H groups in total. The SMILES string of the molecule is CCCNC(c1cccc(I)c1)c1ccc2c(c1)CCO2. The van der Waals surface area contributed by atoms with Crippen molar-refractivity contribution in [2.75, 3.05) is 13.2 Å². The lowest BCUT2D eigenvalue weighted by atomic mass is 9.96. The molecule has 0 aliphatic carbocycles. The van der Waals surface area contributed by atoms with Crippen molar-refractivity contribution >= 4 is 22.6 Å². The van der Waals surface area contributed by atoms with Crippen molar-refractivity contribution in [3.05, 3.63) is 62.7 Å². The molecule has 2 aromatic carbocycles. The summed E-state index contributed by atoms with van der Waals surface area (Å²) in [6.45, 7) is 4.04. The number of halogens is 1. The van der Waals surface area contributed by atoms with Gasteiger partial charge in [0.25, 0.3) is 0 Å². The fourth-order valence-electron chi connectivity index (χ4n) is 2.79. The molecule has 0 aromatic heterocycles. The molecule has 1 atom stereocenters. The van der Waals surface area contributed by atoms with Gasteiger partial charge in [-0.15, -0.1) is 0 Å². The zero-order valence-corrected chi connectivity index (χ0v) is 14.4. The Balaban J connectivity index is 1.95. The summed E-state index contributed by atoms with van der Waals surface area (Å²) in [6, 6.07) is 15.6. The van der Waals surface area contributed by atoms with Crippen LogP contribution >= 0.6 is 22.6 Å². The van der Waals surface area contributed by atoms with Gasteiger partial charge >= 0.3 is 0 Å². The maximum Gasteiger partial charge on any atom is 0.122 e. The molecule has 0 amide bonds. The van der Waals surface area contributed by atoms with Crippen LogP contribution in [-0.2, 0) is 6.42 Å². The molecule has 1 aliphatic rings. The minimum atomic E-state index is 0.255. The lowest BCUT2D eigenvalue weighted by Gasteiger charge is -2.20. The van der Waals surface area contributed by atoms with Crippen molar-refractivity contribution in [2.45, 2.75) is 25.8 Å². The summed E-state index contributed by atoms with van der Waals surface area (Å²) in [5.41, 5.74) is 3.99. The average molecular weight is 393 g/mol. The molecule has 0 radical (unpaired) electrons. The Kier molecular flexibility index (Phi) is 4.80. The summed E-state index contributed by atoms with van der Waals surface area (Å²) in [5, 5.41) is 3.68. The lowest BCUT2D eigenvalue weighted by Crippen LogP contribution is -2.23. The molecule has 0 fully saturated rings. The third-order valence-electron chi connectivity index (χ3n) is 3.83. The van der Waals surface area contributed by atoms with E-state index in [4.69, 9.17) is 4.74 Å². The van der Waals surface area contributed by atoms with Crippen LogP contribution in [0, 0.1) is 3.57 Å².